The molecule has 0 aliphatic carbocycles. The minimum Gasteiger partial charge on any atom is -1.00 e. The summed E-state index contributed by atoms with van der Waals surface area (Å²) in [6.45, 7) is 17.3. The number of hydrogen-bond donors (Lipinski definition) is 2. The van der Waals surface area contributed by atoms with Crippen LogP contribution in [0.4, 0.5) is 39.5 Å². The predicted molar refractivity (Wildman–Crippen MR) is 277 cm³/mol. The van der Waals surface area contributed by atoms with Gasteiger partial charge in [-0.25, -0.2) is 96.7 Å². The molecule has 0 amide bonds. The van der Waals surface area contributed by atoms with Crippen LogP contribution >= 0.6 is 10.7 Å². The normalized spacial score (nSPS) is 11.0. The third kappa shape index (κ3) is 82.6. The van der Waals surface area contributed by atoms with Gasteiger partial charge in [0, 0.05) is 71.1 Å². The van der Waals surface area contributed by atoms with Crippen molar-refractivity contribution >= 4 is 141 Å². The Bertz CT molecular complexity index is 2780. The van der Waals surface area contributed by atoms with E-state index in [9.17, 15) is 118 Å². The van der Waals surface area contributed by atoms with Crippen molar-refractivity contribution in [3.8, 4) is 0 Å². The fourth-order valence-electron chi connectivity index (χ4n) is 2.86. The molecule has 0 aromatic carbocycles. The number of nitrogens with zero attached hydrogens (tertiary/aromatic N) is 1. The molecule has 0 aliphatic rings. The zero-order valence-electron chi connectivity index (χ0n) is 50.0. The molecule has 0 atom stereocenters. The van der Waals surface area contributed by atoms with Crippen molar-refractivity contribution in [2.45, 2.75) is 77.3 Å². The van der Waals surface area contributed by atoms with Crippen molar-refractivity contribution in [2.24, 2.45) is 0 Å². The van der Waals surface area contributed by atoms with Gasteiger partial charge in [-0.2, -0.15) is 39.5 Å². The van der Waals surface area contributed by atoms with Gasteiger partial charge in [0.2, 0.25) is 29.1 Å². The minimum atomic E-state index is -6.11. The first-order chi connectivity index (χ1) is 38.1. The van der Waals surface area contributed by atoms with E-state index >= 15 is 0 Å². The average Bonchev–Trinajstić information content (AvgIpc) is 3.30. The van der Waals surface area contributed by atoms with Gasteiger partial charge in [-0.05, 0) is 53.4 Å². The zero-order chi connectivity index (χ0) is 71.0. The number of sulfonamides is 6. The van der Waals surface area contributed by atoms with Crippen LogP contribution < -0.4 is 224 Å². The van der Waals surface area contributed by atoms with Crippen molar-refractivity contribution in [1.82, 2.24) is 8.25 Å². The number of alkyl halides is 9. The van der Waals surface area contributed by atoms with Crippen LogP contribution in [0.15, 0.2) is 48.6 Å². The Morgan fingerprint density at radius 3 is 0.880 bits per heavy atom. The van der Waals surface area contributed by atoms with Gasteiger partial charge in [0.15, 0.2) is 10.0 Å². The van der Waals surface area contributed by atoms with Gasteiger partial charge < -0.3 is 34.6 Å². The van der Waals surface area contributed by atoms with Crippen molar-refractivity contribution < 1.29 is 375 Å². The fraction of sp³-hybridized carbons (Fsp3) is 0.606. The molecule has 32 nitrogen and oxygen atoms in total. The van der Waals surface area contributed by atoms with Crippen LogP contribution in [0, 0.1) is 10.2 Å². The van der Waals surface area contributed by atoms with Gasteiger partial charge in [-0.1, -0.05) is 33.7 Å². The van der Waals surface area contributed by atoms with E-state index in [-0.39, 0.29) is 263 Å². The summed E-state index contributed by atoms with van der Waals surface area (Å²) < 4.78 is 313. The first-order valence-corrected chi connectivity index (χ1v) is 33.3. The number of hydrogen-bond acceptors (Lipinski definition) is 29. The van der Waals surface area contributed by atoms with Crippen LogP contribution in [-0.2, 0) is 117 Å². The Hall–Kier alpha value is 1.95. The maximum atomic E-state index is 12.0. The summed E-state index contributed by atoms with van der Waals surface area (Å²) in [4.78, 5) is 54.7. The van der Waals surface area contributed by atoms with Gasteiger partial charge in [0.1, 0.15) is 0 Å². The molecule has 92 heavy (non-hydrogen) atoms. The SMILES string of the molecule is C.C=C(C)C(=O)OCCCS(=O)(=O)Cl.C=C(C)C(=O)OCCCS(=O)(=O)NS(=O)(=O)C(F)(F)F.C=C(C)C(=O)OCCCS(=O)(=O)NS(=O)(=O)C(F)(F)F.C=C(C)C(=O)OCCCS(=O)(=O)[N-]S(=O)(=O)C(F)(F)F.O=CO[O-].[2HH].[B][B].[B][B].[H-].[K+].[K+].[K+].[Li+].[Li+].[O-][Cl+3]([O-])([O-])[O-]. The van der Waals surface area contributed by atoms with E-state index in [2.05, 4.69) is 81.1 Å². The summed E-state index contributed by atoms with van der Waals surface area (Å²) in [7, 11) is -19.8. The first-order valence-electron chi connectivity index (χ1n) is 20.3. The van der Waals surface area contributed by atoms with E-state index in [1.54, 1.807) is 0 Å². The summed E-state index contributed by atoms with van der Waals surface area (Å²) in [5, 5.41) is 8.43. The molecule has 0 heterocycles. The molecule has 0 bridgehead atoms. The number of nitrogens with one attached hydrogen (secondary N) is 2. The monoisotopic (exact) mass is 1600 g/mol. The van der Waals surface area contributed by atoms with Gasteiger partial charge in [0.25, 0.3) is 6.47 Å². The van der Waals surface area contributed by atoms with Gasteiger partial charge >= 0.3 is 252 Å². The second-order valence-corrected chi connectivity index (χ2v) is 28.7. The largest absolute Gasteiger partial charge is 1.00 e. The molecule has 0 unspecified atom stereocenters. The van der Waals surface area contributed by atoms with Gasteiger partial charge in [-0.3, -0.25) is 4.79 Å². The van der Waals surface area contributed by atoms with Crippen LogP contribution in [0.25, 0.3) is 4.13 Å². The van der Waals surface area contributed by atoms with E-state index in [4.69, 9.17) is 39.4 Å². The number of carbonyl (C=O) groups excluding carboxylic acids is 5. The number of carbonyl (C=O) groups is 5. The summed E-state index contributed by atoms with van der Waals surface area (Å²) >= 11 is 0. The Morgan fingerprint density at radius 2 is 0.717 bits per heavy atom. The van der Waals surface area contributed by atoms with Gasteiger partial charge in [-0.15, -0.1) is 18.5 Å². The van der Waals surface area contributed by atoms with Crippen molar-refractivity contribution in [2.75, 3.05) is 49.4 Å². The van der Waals surface area contributed by atoms with E-state index in [0.29, 0.717) is 8.25 Å². The van der Waals surface area contributed by atoms with E-state index in [1.807, 2.05) is 4.13 Å². The third-order valence-corrected chi connectivity index (χ3v) is 17.1. The molecule has 0 saturated carbocycles. The fourth-order valence-corrected chi connectivity index (χ4v) is 11.1. The second-order valence-electron chi connectivity index (χ2n) is 13.9. The molecule has 0 aromatic heterocycles. The Balaban J connectivity index is -0.0000000567. The third-order valence-electron chi connectivity index (χ3n) is 6.15. The molecule has 0 aromatic rings. The molecule has 2 N–H and O–H groups in total. The standard InChI is InChI=1S/2C8H12F3NO6S2.C8H11F3NO6S2.C7H11ClO4S.CH2O3.CH4.2B2.ClHO4.3K.2Li.H2.H/c3*1-6(2)7(13)18-4-3-5-19(14,15)12-20(16,17)8(9,10)11;1-6(2)7(9)12-4-3-5-13(8,10)11;2-1-4-3;;2*1-2;2-1(3,4)5;;;;;;;/h2*12H,1,3-5H2,2H3;1,3-5H2,2H3;1,3-5H2,2H3;1,3H;1H4;;;(H,2,3,4,5);;;;;;1H;/q;;-1;;;;;;;5*+1;;-1/p-2/i;;;;;;;;;;;;;;1+1;. The van der Waals surface area contributed by atoms with E-state index in [0.717, 1.165) is 0 Å². The van der Waals surface area contributed by atoms with Crippen LogP contribution in [0.1, 0.15) is 63.7 Å². The Kier molecular flexibility index (Phi) is 85.0. The second kappa shape index (κ2) is 61.6. The molecule has 59 heteroatoms. The summed E-state index contributed by atoms with van der Waals surface area (Å²) in [5.74, 6) is -6.02. The van der Waals surface area contributed by atoms with Crippen molar-refractivity contribution in [3.05, 3.63) is 52.7 Å². The molecule has 0 fully saturated rings. The molecule has 0 aliphatic heterocycles. The van der Waals surface area contributed by atoms with Crippen molar-refractivity contribution in [3.63, 3.8) is 0 Å². The summed E-state index contributed by atoms with van der Waals surface area (Å²) in [6.07, 6.45) is -0.952. The van der Waals surface area contributed by atoms with Crippen molar-refractivity contribution in [1.29, 1.82) is 0 Å². The number of ether oxygens (including phenoxy) is 4. The van der Waals surface area contributed by atoms with E-state index in [1.165, 1.54) is 27.7 Å². The molecular formula is C33H54B4Cl2F9K3Li2N3O29S7+. The average molecular weight is 1600 g/mol. The Labute approximate surface area is 692 Å². The van der Waals surface area contributed by atoms with Crippen LogP contribution in [0.5, 0.6) is 0 Å². The quantitative estimate of drug-likeness (QED) is 0.00737. The maximum Gasteiger partial charge on any atom is 1.00 e. The number of rotatable bonds is 27. The predicted octanol–water partition coefficient (Wildman–Crippen LogP) is -19.2. The molecule has 0 rings (SSSR count). The smallest absolute Gasteiger partial charge is 1.00 e. The van der Waals surface area contributed by atoms with Crippen LogP contribution in [0.3, 0.4) is 0 Å². The summed E-state index contributed by atoms with van der Waals surface area (Å²) in [5.41, 5.74) is -16.8. The molecule has 0 spiro atoms. The number of halogens is 11. The first kappa shape index (κ1) is 127. The zero-order valence-corrected chi connectivity index (χ0v) is 65.6. The topological polar surface area (TPSA) is 524 Å². The summed E-state index contributed by atoms with van der Waals surface area (Å²) in [6, 6.07) is 0. The number of esters is 4. The van der Waals surface area contributed by atoms with Crippen LogP contribution in [-0.4, -0.2) is 186 Å². The molecule has 510 valence electrons. The molecule has 0 saturated heterocycles. The van der Waals surface area contributed by atoms with Crippen LogP contribution in [0.2, 0.25) is 0 Å². The minimum absolute atomic E-state index is 0. The molecule has 8 radical (unpaired) electrons. The Morgan fingerprint density at radius 1 is 0.522 bits per heavy atom. The van der Waals surface area contributed by atoms with E-state index < -0.39 is 163 Å². The maximum absolute atomic E-state index is 12.0. The van der Waals surface area contributed by atoms with Gasteiger partial charge in [0.05, 0.1) is 53.7 Å². The molecular weight excluding hydrogens is 1540 g/mol.